The molecule has 3 N–H and O–H groups in total. The maximum atomic E-state index is 13.4. The molecule has 110 valence electrons. The van der Waals surface area contributed by atoms with E-state index in [1.165, 1.54) is 12.1 Å². The molecule has 0 aliphatic carbocycles. The average Bonchev–Trinajstić information content (AvgIpc) is 2.50. The van der Waals surface area contributed by atoms with Crippen LogP contribution in [-0.2, 0) is 0 Å². The highest BCUT2D eigenvalue weighted by Crippen LogP contribution is 2.16. The third-order valence-electron chi connectivity index (χ3n) is 3.15. The molecule has 1 unspecified atom stereocenters. The lowest BCUT2D eigenvalue weighted by atomic mass is 10.1. The van der Waals surface area contributed by atoms with E-state index in [2.05, 4.69) is 21.2 Å². The fourth-order valence-electron chi connectivity index (χ4n) is 1.95. The lowest BCUT2D eigenvalue weighted by molar-refractivity contribution is 0.0952. The summed E-state index contributed by atoms with van der Waals surface area (Å²) in [5.74, 6) is -0.759. The fraction of sp³-hybridized carbons (Fsp3) is 0.188. The van der Waals surface area contributed by atoms with Crippen molar-refractivity contribution in [1.29, 1.82) is 0 Å². The molecule has 21 heavy (non-hydrogen) atoms. The Hall–Kier alpha value is -1.72. The Balaban J connectivity index is 1.85. The van der Waals surface area contributed by atoms with Crippen LogP contribution in [0.5, 0.6) is 0 Å². The molecule has 0 spiro atoms. The molecule has 1 amide bonds. The van der Waals surface area contributed by atoms with E-state index in [0.717, 1.165) is 5.56 Å². The first-order valence-electron chi connectivity index (χ1n) is 6.61. The zero-order valence-corrected chi connectivity index (χ0v) is 12.9. The summed E-state index contributed by atoms with van der Waals surface area (Å²) in [6.45, 7) is 0.437. The quantitative estimate of drug-likeness (QED) is 0.868. The molecule has 0 bridgehead atoms. The molecule has 2 aromatic rings. The molecule has 0 aliphatic heterocycles. The van der Waals surface area contributed by atoms with Crippen molar-refractivity contribution in [1.82, 2.24) is 5.32 Å². The highest BCUT2D eigenvalue weighted by molar-refractivity contribution is 9.10. The van der Waals surface area contributed by atoms with Gasteiger partial charge in [0.25, 0.3) is 5.91 Å². The van der Waals surface area contributed by atoms with Crippen LogP contribution >= 0.6 is 15.9 Å². The van der Waals surface area contributed by atoms with Crippen molar-refractivity contribution in [3.05, 3.63) is 69.9 Å². The van der Waals surface area contributed by atoms with Gasteiger partial charge in [-0.05, 0) is 46.1 Å². The van der Waals surface area contributed by atoms with Crippen molar-refractivity contribution < 1.29 is 9.18 Å². The van der Waals surface area contributed by atoms with Crippen LogP contribution in [0.3, 0.4) is 0 Å². The second kappa shape index (κ2) is 7.33. The van der Waals surface area contributed by atoms with E-state index in [0.29, 0.717) is 23.0 Å². The SMILES string of the molecule is NC(CCNC(=O)c1ccc(Br)c(F)c1)c1ccccc1. The van der Waals surface area contributed by atoms with Gasteiger partial charge in [-0.1, -0.05) is 30.3 Å². The van der Waals surface area contributed by atoms with Gasteiger partial charge in [0, 0.05) is 18.2 Å². The zero-order valence-electron chi connectivity index (χ0n) is 11.4. The van der Waals surface area contributed by atoms with Crippen molar-refractivity contribution in [2.45, 2.75) is 12.5 Å². The Kier molecular flexibility index (Phi) is 5.47. The Morgan fingerprint density at radius 3 is 2.62 bits per heavy atom. The topological polar surface area (TPSA) is 55.1 Å². The Morgan fingerprint density at radius 1 is 1.24 bits per heavy atom. The predicted molar refractivity (Wildman–Crippen MR) is 84.4 cm³/mol. The van der Waals surface area contributed by atoms with Crippen molar-refractivity contribution in [3.63, 3.8) is 0 Å². The largest absolute Gasteiger partial charge is 0.352 e. The smallest absolute Gasteiger partial charge is 0.251 e. The highest BCUT2D eigenvalue weighted by Gasteiger charge is 2.10. The average molecular weight is 351 g/mol. The maximum absolute atomic E-state index is 13.4. The number of hydrogen-bond acceptors (Lipinski definition) is 2. The minimum atomic E-state index is -0.455. The van der Waals surface area contributed by atoms with E-state index < -0.39 is 5.82 Å². The molecule has 5 heteroatoms. The van der Waals surface area contributed by atoms with E-state index >= 15 is 0 Å². The number of carbonyl (C=O) groups excluding carboxylic acids is 1. The number of halogens is 2. The van der Waals surface area contributed by atoms with Crippen LogP contribution in [0.1, 0.15) is 28.4 Å². The predicted octanol–water partition coefficient (Wildman–Crippen LogP) is 3.41. The summed E-state index contributed by atoms with van der Waals surface area (Å²) < 4.78 is 13.7. The number of hydrogen-bond donors (Lipinski definition) is 2. The van der Waals surface area contributed by atoms with Gasteiger partial charge in [0.15, 0.2) is 0 Å². The van der Waals surface area contributed by atoms with Gasteiger partial charge >= 0.3 is 0 Å². The first kappa shape index (κ1) is 15.7. The van der Waals surface area contributed by atoms with Crippen LogP contribution in [-0.4, -0.2) is 12.5 Å². The number of nitrogens with one attached hydrogen (secondary N) is 1. The summed E-state index contributed by atoms with van der Waals surface area (Å²) >= 11 is 3.05. The van der Waals surface area contributed by atoms with E-state index in [1.807, 2.05) is 30.3 Å². The second-order valence-electron chi connectivity index (χ2n) is 4.69. The summed E-state index contributed by atoms with van der Waals surface area (Å²) in [4.78, 5) is 11.9. The van der Waals surface area contributed by atoms with E-state index in [4.69, 9.17) is 5.73 Å². The summed E-state index contributed by atoms with van der Waals surface area (Å²) in [7, 11) is 0. The molecule has 0 fully saturated rings. The van der Waals surface area contributed by atoms with Crippen LogP contribution in [0.25, 0.3) is 0 Å². The van der Waals surface area contributed by atoms with E-state index in [-0.39, 0.29) is 11.9 Å². The van der Waals surface area contributed by atoms with Crippen molar-refractivity contribution in [3.8, 4) is 0 Å². The minimum Gasteiger partial charge on any atom is -0.352 e. The van der Waals surface area contributed by atoms with Gasteiger partial charge in [-0.3, -0.25) is 4.79 Å². The first-order chi connectivity index (χ1) is 10.1. The van der Waals surface area contributed by atoms with Gasteiger partial charge in [-0.2, -0.15) is 0 Å². The Labute approximate surface area is 131 Å². The lowest BCUT2D eigenvalue weighted by Gasteiger charge is -2.12. The summed E-state index contributed by atoms with van der Waals surface area (Å²) in [6.07, 6.45) is 0.620. The Morgan fingerprint density at radius 2 is 1.95 bits per heavy atom. The fourth-order valence-corrected chi connectivity index (χ4v) is 2.19. The zero-order chi connectivity index (χ0) is 15.2. The summed E-state index contributed by atoms with van der Waals surface area (Å²) in [5, 5.41) is 2.75. The highest BCUT2D eigenvalue weighted by atomic mass is 79.9. The summed E-state index contributed by atoms with van der Waals surface area (Å²) in [5.41, 5.74) is 7.37. The molecule has 0 heterocycles. The minimum absolute atomic E-state index is 0.131. The normalized spacial score (nSPS) is 12.0. The number of nitrogens with two attached hydrogens (primary N) is 1. The van der Waals surface area contributed by atoms with Crippen molar-refractivity contribution >= 4 is 21.8 Å². The number of rotatable bonds is 5. The molecular formula is C16H16BrFN2O. The van der Waals surface area contributed by atoms with Gasteiger partial charge < -0.3 is 11.1 Å². The van der Waals surface area contributed by atoms with Crippen LogP contribution in [0.2, 0.25) is 0 Å². The number of benzene rings is 2. The molecule has 0 saturated heterocycles. The summed E-state index contributed by atoms with van der Waals surface area (Å²) in [6, 6.07) is 13.9. The molecular weight excluding hydrogens is 335 g/mol. The number of carbonyl (C=O) groups is 1. The van der Waals surface area contributed by atoms with Gasteiger partial charge in [0.2, 0.25) is 0 Å². The molecule has 0 radical (unpaired) electrons. The van der Waals surface area contributed by atoms with E-state index in [1.54, 1.807) is 6.07 Å². The van der Waals surface area contributed by atoms with E-state index in [9.17, 15) is 9.18 Å². The van der Waals surface area contributed by atoms with Gasteiger partial charge in [0.1, 0.15) is 5.82 Å². The first-order valence-corrected chi connectivity index (χ1v) is 7.41. The molecule has 0 saturated carbocycles. The third-order valence-corrected chi connectivity index (χ3v) is 3.79. The monoisotopic (exact) mass is 350 g/mol. The van der Waals surface area contributed by atoms with Crippen molar-refractivity contribution in [2.75, 3.05) is 6.54 Å². The molecule has 1 atom stereocenters. The Bertz CT molecular complexity index is 619. The van der Waals surface area contributed by atoms with Gasteiger partial charge in [-0.15, -0.1) is 0 Å². The molecule has 0 aliphatic rings. The molecule has 3 nitrogen and oxygen atoms in total. The molecule has 0 aromatic heterocycles. The number of amides is 1. The maximum Gasteiger partial charge on any atom is 0.251 e. The van der Waals surface area contributed by atoms with Crippen LogP contribution < -0.4 is 11.1 Å². The molecule has 2 rings (SSSR count). The van der Waals surface area contributed by atoms with Crippen LogP contribution in [0.4, 0.5) is 4.39 Å². The third kappa shape index (κ3) is 4.37. The standard InChI is InChI=1S/C16H16BrFN2O/c17-13-7-6-12(10-14(13)18)16(21)20-9-8-15(19)11-4-2-1-3-5-11/h1-7,10,15H,8-9,19H2,(H,20,21). The second-order valence-corrected chi connectivity index (χ2v) is 5.54. The van der Waals surface area contributed by atoms with Gasteiger partial charge in [0.05, 0.1) is 4.47 Å². The van der Waals surface area contributed by atoms with Crippen LogP contribution in [0.15, 0.2) is 53.0 Å². The van der Waals surface area contributed by atoms with Crippen molar-refractivity contribution in [2.24, 2.45) is 5.73 Å². The lowest BCUT2D eigenvalue weighted by Crippen LogP contribution is -2.27. The van der Waals surface area contributed by atoms with Gasteiger partial charge in [-0.25, -0.2) is 4.39 Å². The molecule has 2 aromatic carbocycles. The van der Waals surface area contributed by atoms with Crippen LogP contribution in [0, 0.1) is 5.82 Å².